The molecule has 9 nitrogen and oxygen atoms in total. The standard InChI is InChI=1S/C19H21N3O6/c1-25-15-6-4-13(5-7-15)11-20-28-12-18(23)21-22-19(24)14-8-16(26-2)10-17(9-14)27-3/h4-11H,12H2,1-3H3,(H,21,23)(H,22,24)/b20-11-. The highest BCUT2D eigenvalue weighted by Gasteiger charge is 2.11. The average molecular weight is 387 g/mol. The summed E-state index contributed by atoms with van der Waals surface area (Å²) >= 11 is 0. The van der Waals surface area contributed by atoms with Crippen LogP contribution in [-0.4, -0.2) is 46.0 Å². The monoisotopic (exact) mass is 387 g/mol. The topological polar surface area (TPSA) is 107 Å². The lowest BCUT2D eigenvalue weighted by molar-refractivity contribution is -0.126. The number of carbonyl (C=O) groups is 2. The molecule has 2 aromatic carbocycles. The number of ether oxygens (including phenoxy) is 3. The lowest BCUT2D eigenvalue weighted by Gasteiger charge is -2.09. The van der Waals surface area contributed by atoms with Crippen LogP contribution in [0.25, 0.3) is 0 Å². The zero-order chi connectivity index (χ0) is 20.4. The average Bonchev–Trinajstić information content (AvgIpc) is 2.74. The van der Waals surface area contributed by atoms with Crippen LogP contribution in [0.5, 0.6) is 17.2 Å². The molecule has 148 valence electrons. The van der Waals surface area contributed by atoms with Crippen LogP contribution in [0.2, 0.25) is 0 Å². The van der Waals surface area contributed by atoms with Gasteiger partial charge in [-0.3, -0.25) is 20.4 Å². The molecule has 2 aromatic rings. The fourth-order valence-electron chi connectivity index (χ4n) is 2.06. The normalized spacial score (nSPS) is 10.2. The molecule has 0 unspecified atom stereocenters. The number of hydrazine groups is 1. The van der Waals surface area contributed by atoms with Crippen molar-refractivity contribution in [2.45, 2.75) is 0 Å². The molecule has 0 fully saturated rings. The first-order valence-electron chi connectivity index (χ1n) is 8.17. The van der Waals surface area contributed by atoms with Crippen molar-refractivity contribution in [1.29, 1.82) is 0 Å². The van der Waals surface area contributed by atoms with Crippen molar-refractivity contribution in [1.82, 2.24) is 10.9 Å². The third kappa shape index (κ3) is 6.20. The number of benzene rings is 2. The minimum Gasteiger partial charge on any atom is -0.497 e. The number of nitrogens with one attached hydrogen (secondary N) is 2. The first-order valence-corrected chi connectivity index (χ1v) is 8.17. The molecular formula is C19H21N3O6. The minimum atomic E-state index is -0.574. The van der Waals surface area contributed by atoms with E-state index in [1.807, 2.05) is 0 Å². The molecule has 0 radical (unpaired) electrons. The second-order valence-electron chi connectivity index (χ2n) is 5.38. The molecule has 0 aromatic heterocycles. The van der Waals surface area contributed by atoms with E-state index in [9.17, 15) is 9.59 Å². The lowest BCUT2D eigenvalue weighted by atomic mass is 10.2. The van der Waals surface area contributed by atoms with Crippen LogP contribution in [0, 0.1) is 0 Å². The van der Waals surface area contributed by atoms with Gasteiger partial charge in [0.2, 0.25) is 0 Å². The van der Waals surface area contributed by atoms with E-state index in [1.54, 1.807) is 37.4 Å². The number of rotatable bonds is 8. The summed E-state index contributed by atoms with van der Waals surface area (Å²) in [6.07, 6.45) is 1.45. The molecule has 0 atom stereocenters. The lowest BCUT2D eigenvalue weighted by Crippen LogP contribution is -2.43. The number of methoxy groups -OCH3 is 3. The van der Waals surface area contributed by atoms with E-state index >= 15 is 0 Å². The van der Waals surface area contributed by atoms with Crippen LogP contribution in [0.3, 0.4) is 0 Å². The summed E-state index contributed by atoms with van der Waals surface area (Å²) in [5.74, 6) is 0.517. The van der Waals surface area contributed by atoms with Crippen LogP contribution >= 0.6 is 0 Å². The third-order valence-electron chi connectivity index (χ3n) is 3.52. The van der Waals surface area contributed by atoms with Crippen LogP contribution in [0.4, 0.5) is 0 Å². The van der Waals surface area contributed by atoms with Gasteiger partial charge in [0.1, 0.15) is 17.2 Å². The summed E-state index contributed by atoms with van der Waals surface area (Å²) in [5, 5.41) is 3.70. The van der Waals surface area contributed by atoms with Crippen molar-refractivity contribution in [3.8, 4) is 17.2 Å². The van der Waals surface area contributed by atoms with Crippen molar-refractivity contribution in [3.05, 3.63) is 53.6 Å². The fraction of sp³-hybridized carbons (Fsp3) is 0.211. The highest BCUT2D eigenvalue weighted by molar-refractivity contribution is 5.96. The molecule has 0 spiro atoms. The highest BCUT2D eigenvalue weighted by atomic mass is 16.6. The summed E-state index contributed by atoms with van der Waals surface area (Å²) in [5.41, 5.74) is 5.55. The summed E-state index contributed by atoms with van der Waals surface area (Å²) in [6.45, 7) is -0.367. The quantitative estimate of drug-likeness (QED) is 0.525. The Morgan fingerprint density at radius 2 is 1.50 bits per heavy atom. The van der Waals surface area contributed by atoms with Crippen molar-refractivity contribution in [3.63, 3.8) is 0 Å². The highest BCUT2D eigenvalue weighted by Crippen LogP contribution is 2.22. The van der Waals surface area contributed by atoms with Gasteiger partial charge in [-0.2, -0.15) is 0 Å². The SMILES string of the molecule is COc1ccc(/C=N\OCC(=O)NNC(=O)c2cc(OC)cc(OC)c2)cc1. The summed E-state index contributed by atoms with van der Waals surface area (Å²) in [7, 11) is 4.53. The molecule has 9 heteroatoms. The Kier molecular flexibility index (Phi) is 7.64. The number of nitrogens with zero attached hydrogens (tertiary/aromatic N) is 1. The van der Waals surface area contributed by atoms with Crippen molar-refractivity contribution >= 4 is 18.0 Å². The Morgan fingerprint density at radius 1 is 0.893 bits per heavy atom. The number of hydrogen-bond acceptors (Lipinski definition) is 7. The summed E-state index contributed by atoms with van der Waals surface area (Å²) < 4.78 is 15.2. The summed E-state index contributed by atoms with van der Waals surface area (Å²) in [6, 6.07) is 11.8. The third-order valence-corrected chi connectivity index (χ3v) is 3.52. The predicted molar refractivity (Wildman–Crippen MR) is 102 cm³/mol. The van der Waals surface area contributed by atoms with Crippen LogP contribution < -0.4 is 25.1 Å². The van der Waals surface area contributed by atoms with Gasteiger partial charge in [0.05, 0.1) is 27.5 Å². The number of oxime groups is 1. The van der Waals surface area contributed by atoms with E-state index in [1.165, 1.54) is 32.6 Å². The zero-order valence-corrected chi connectivity index (χ0v) is 15.7. The minimum absolute atomic E-state index is 0.259. The molecule has 0 bridgehead atoms. The van der Waals surface area contributed by atoms with Crippen molar-refractivity contribution < 1.29 is 28.6 Å². The molecule has 0 aliphatic rings. The van der Waals surface area contributed by atoms with E-state index in [0.29, 0.717) is 11.5 Å². The van der Waals surface area contributed by atoms with Gasteiger partial charge in [0.15, 0.2) is 6.61 Å². The zero-order valence-electron chi connectivity index (χ0n) is 15.7. The smallest absolute Gasteiger partial charge is 0.279 e. The largest absolute Gasteiger partial charge is 0.497 e. The van der Waals surface area contributed by atoms with Crippen molar-refractivity contribution in [2.75, 3.05) is 27.9 Å². The second kappa shape index (κ2) is 10.4. The van der Waals surface area contributed by atoms with E-state index < -0.39 is 11.8 Å². The second-order valence-corrected chi connectivity index (χ2v) is 5.38. The van der Waals surface area contributed by atoms with Crippen LogP contribution in [0.1, 0.15) is 15.9 Å². The predicted octanol–water partition coefficient (Wildman–Crippen LogP) is 1.52. The number of carbonyl (C=O) groups excluding carboxylic acids is 2. The first kappa shape index (κ1) is 20.6. The molecular weight excluding hydrogens is 366 g/mol. The molecule has 0 saturated heterocycles. The van der Waals surface area contributed by atoms with Gasteiger partial charge in [-0.25, -0.2) is 0 Å². The maximum atomic E-state index is 12.1. The molecule has 0 aliphatic heterocycles. The van der Waals surface area contributed by atoms with Gasteiger partial charge in [0, 0.05) is 11.6 Å². The Balaban J connectivity index is 1.78. The molecule has 2 N–H and O–H groups in total. The van der Waals surface area contributed by atoms with E-state index in [0.717, 1.165) is 11.3 Å². The molecule has 28 heavy (non-hydrogen) atoms. The van der Waals surface area contributed by atoms with Gasteiger partial charge >= 0.3 is 0 Å². The maximum Gasteiger partial charge on any atom is 0.279 e. The van der Waals surface area contributed by atoms with Crippen LogP contribution in [0.15, 0.2) is 47.6 Å². The van der Waals surface area contributed by atoms with Gasteiger partial charge in [-0.1, -0.05) is 5.16 Å². The molecule has 0 heterocycles. The molecule has 0 aliphatic carbocycles. The van der Waals surface area contributed by atoms with E-state index in [-0.39, 0.29) is 12.2 Å². The first-order chi connectivity index (χ1) is 13.5. The Morgan fingerprint density at radius 3 is 2.07 bits per heavy atom. The van der Waals surface area contributed by atoms with Gasteiger partial charge in [-0.15, -0.1) is 0 Å². The Labute approximate surface area is 162 Å². The van der Waals surface area contributed by atoms with Gasteiger partial charge in [0.25, 0.3) is 11.8 Å². The maximum absolute atomic E-state index is 12.1. The van der Waals surface area contributed by atoms with E-state index in [2.05, 4.69) is 16.0 Å². The van der Waals surface area contributed by atoms with Gasteiger partial charge in [-0.05, 0) is 42.0 Å². The van der Waals surface area contributed by atoms with E-state index in [4.69, 9.17) is 19.0 Å². The van der Waals surface area contributed by atoms with Crippen molar-refractivity contribution in [2.24, 2.45) is 5.16 Å². The molecule has 2 rings (SSSR count). The fourth-order valence-corrected chi connectivity index (χ4v) is 2.06. The Hall–Kier alpha value is -3.75. The number of hydrogen-bond donors (Lipinski definition) is 2. The van der Waals surface area contributed by atoms with Gasteiger partial charge < -0.3 is 19.0 Å². The summed E-state index contributed by atoms with van der Waals surface area (Å²) in [4.78, 5) is 28.8. The molecule has 2 amide bonds. The number of amides is 2. The van der Waals surface area contributed by atoms with Crippen LogP contribution in [-0.2, 0) is 9.63 Å². The Bertz CT molecular complexity index is 814. The molecule has 0 saturated carbocycles.